The fourth-order valence-electron chi connectivity index (χ4n) is 9.39. The Labute approximate surface area is 329 Å². The van der Waals surface area contributed by atoms with Crippen molar-refractivity contribution in [2.45, 2.75) is 99.0 Å². The van der Waals surface area contributed by atoms with Crippen LogP contribution in [0, 0.1) is 16.7 Å². The zero-order valence-electron chi connectivity index (χ0n) is 31.8. The highest BCUT2D eigenvalue weighted by molar-refractivity contribution is 7.99. The summed E-state index contributed by atoms with van der Waals surface area (Å²) < 4.78 is 24.2. The van der Waals surface area contributed by atoms with Gasteiger partial charge in [-0.2, -0.15) is 0 Å². The molecular formula is C44H46O11S. The van der Waals surface area contributed by atoms with E-state index in [1.54, 1.807) is 56.8 Å². The number of hydrogen-bond acceptors (Lipinski definition) is 12. The molecule has 0 amide bonds. The van der Waals surface area contributed by atoms with E-state index in [1.165, 1.54) is 32.1 Å². The largest absolute Gasteiger partial charge is 0.455 e. The fourth-order valence-corrected chi connectivity index (χ4v) is 10.2. The summed E-state index contributed by atoms with van der Waals surface area (Å²) in [5.41, 5.74) is -5.96. The van der Waals surface area contributed by atoms with E-state index in [-0.39, 0.29) is 30.6 Å². The number of aliphatic hydroxyl groups excluding tert-OH is 2. The van der Waals surface area contributed by atoms with Gasteiger partial charge in [0.15, 0.2) is 11.4 Å². The molecule has 1 heterocycles. The highest BCUT2D eigenvalue weighted by Gasteiger charge is 2.78. The van der Waals surface area contributed by atoms with Crippen molar-refractivity contribution in [3.8, 4) is 0 Å². The summed E-state index contributed by atoms with van der Waals surface area (Å²) in [5, 5.41) is 37.2. The Morgan fingerprint density at radius 2 is 1.52 bits per heavy atom. The average molecular weight is 783 g/mol. The zero-order valence-corrected chi connectivity index (χ0v) is 32.7. The SMILES string of the molecule is CC(=O)O[C@@]12CO[C@@H]1C[C@H](O)C1(C)C(=O)[C@H](O)C3=C(C)[C@@H](OC(=O)/C=C/c4ccc(Sc5ccccc5)cc4)C[C@@](O)([C@@H](OC(=O)c4ccccc4)[C@@H]12)C3(C)C. The van der Waals surface area contributed by atoms with Crippen molar-refractivity contribution in [1.82, 2.24) is 0 Å². The molecule has 56 heavy (non-hydrogen) atoms. The summed E-state index contributed by atoms with van der Waals surface area (Å²) >= 11 is 1.60. The highest BCUT2D eigenvalue weighted by Crippen LogP contribution is 2.64. The Balaban J connectivity index is 1.28. The van der Waals surface area contributed by atoms with E-state index < -0.39 is 82.2 Å². The first-order valence-electron chi connectivity index (χ1n) is 18.7. The topological polar surface area (TPSA) is 166 Å². The highest BCUT2D eigenvalue weighted by atomic mass is 32.2. The smallest absolute Gasteiger partial charge is 0.338 e. The van der Waals surface area contributed by atoms with E-state index in [0.29, 0.717) is 5.57 Å². The van der Waals surface area contributed by atoms with Crippen molar-refractivity contribution in [3.63, 3.8) is 0 Å². The third-order valence-electron chi connectivity index (χ3n) is 12.4. The number of hydrogen-bond donors (Lipinski definition) is 3. The van der Waals surface area contributed by atoms with E-state index in [2.05, 4.69) is 0 Å². The second-order valence-corrected chi connectivity index (χ2v) is 17.1. The molecule has 3 aromatic rings. The molecule has 2 bridgehead atoms. The quantitative estimate of drug-likeness (QED) is 0.114. The van der Waals surface area contributed by atoms with Crippen LogP contribution in [0.4, 0.5) is 0 Å². The molecular weight excluding hydrogens is 737 g/mol. The van der Waals surface area contributed by atoms with Crippen LogP contribution >= 0.6 is 11.8 Å². The van der Waals surface area contributed by atoms with Gasteiger partial charge in [0.05, 0.1) is 29.6 Å². The maximum absolute atomic E-state index is 14.9. The van der Waals surface area contributed by atoms with Crippen LogP contribution in [0.5, 0.6) is 0 Å². The summed E-state index contributed by atoms with van der Waals surface area (Å²) in [6.45, 7) is 7.29. The molecule has 11 nitrogen and oxygen atoms in total. The van der Waals surface area contributed by atoms with Gasteiger partial charge in [0, 0.05) is 41.0 Å². The molecule has 9 atom stereocenters. The average Bonchev–Trinajstić information content (AvgIpc) is 3.16. The van der Waals surface area contributed by atoms with Crippen LogP contribution in [0.15, 0.2) is 112 Å². The Morgan fingerprint density at radius 1 is 0.893 bits per heavy atom. The first kappa shape index (κ1) is 39.6. The summed E-state index contributed by atoms with van der Waals surface area (Å²) in [7, 11) is 0. The molecule has 3 fully saturated rings. The van der Waals surface area contributed by atoms with Gasteiger partial charge >= 0.3 is 17.9 Å². The molecule has 7 rings (SSSR count). The number of fused-ring (bicyclic) bond motifs is 5. The number of Topliss-reactive ketones (excluding diaryl/α,β-unsaturated/α-hetero) is 1. The van der Waals surface area contributed by atoms with Gasteiger partial charge in [-0.3, -0.25) is 9.59 Å². The molecule has 3 aliphatic carbocycles. The van der Waals surface area contributed by atoms with Gasteiger partial charge in [0.25, 0.3) is 0 Å². The normalized spacial score (nSPS) is 33.2. The molecule has 1 aliphatic heterocycles. The van der Waals surface area contributed by atoms with Crippen molar-refractivity contribution in [2.24, 2.45) is 16.7 Å². The van der Waals surface area contributed by atoms with E-state index >= 15 is 0 Å². The lowest BCUT2D eigenvalue weighted by Gasteiger charge is -2.67. The molecule has 0 radical (unpaired) electrons. The van der Waals surface area contributed by atoms with Crippen LogP contribution in [0.1, 0.15) is 63.4 Å². The number of aliphatic hydroxyl groups is 3. The number of ketones is 1. The maximum Gasteiger partial charge on any atom is 0.338 e. The summed E-state index contributed by atoms with van der Waals surface area (Å²) in [5.74, 6) is -4.55. The summed E-state index contributed by atoms with van der Waals surface area (Å²) in [6.07, 6.45) is -4.74. The van der Waals surface area contributed by atoms with Crippen molar-refractivity contribution in [3.05, 3.63) is 113 Å². The van der Waals surface area contributed by atoms with Crippen LogP contribution in [-0.2, 0) is 33.3 Å². The van der Waals surface area contributed by atoms with Crippen LogP contribution in [0.25, 0.3) is 6.08 Å². The molecule has 0 spiro atoms. The molecule has 3 aromatic carbocycles. The zero-order chi connectivity index (χ0) is 40.2. The lowest BCUT2D eigenvalue weighted by atomic mass is 9.44. The standard InChI is InChI=1S/C44H46O11S/c1-25-31(53-34(47)21-18-27-16-19-30(20-17-27)56-29-14-10-7-11-15-29)23-44(51)39(54-40(50)28-12-8-6-9-13-28)37-42(5,38(49)36(48)35(25)41(44,3)4)32(46)22-33-43(37,24-52-33)55-26(2)45/h6-21,31-33,36-37,39,46,48,51H,22-24H2,1-5H3/b21-18+/t31-,32-,33+,36+,37-,39-,42?,43-,44+/m0/s1. The van der Waals surface area contributed by atoms with E-state index in [9.17, 15) is 34.5 Å². The number of rotatable bonds is 8. The van der Waals surface area contributed by atoms with Gasteiger partial charge in [-0.25, -0.2) is 9.59 Å². The summed E-state index contributed by atoms with van der Waals surface area (Å²) in [4.78, 5) is 57.3. The van der Waals surface area contributed by atoms with Crippen molar-refractivity contribution in [1.29, 1.82) is 0 Å². The van der Waals surface area contributed by atoms with Crippen LogP contribution < -0.4 is 0 Å². The molecule has 294 valence electrons. The van der Waals surface area contributed by atoms with E-state index in [1.807, 2.05) is 54.6 Å². The second-order valence-electron chi connectivity index (χ2n) is 15.9. The molecule has 4 aliphatic rings. The van der Waals surface area contributed by atoms with E-state index in [0.717, 1.165) is 15.4 Å². The molecule has 2 saturated carbocycles. The Morgan fingerprint density at radius 3 is 2.12 bits per heavy atom. The number of carbonyl (C=O) groups is 4. The number of carbonyl (C=O) groups excluding carboxylic acids is 4. The van der Waals surface area contributed by atoms with Gasteiger partial charge in [-0.05, 0) is 73.0 Å². The predicted molar refractivity (Wildman–Crippen MR) is 205 cm³/mol. The minimum Gasteiger partial charge on any atom is -0.455 e. The predicted octanol–water partition coefficient (Wildman–Crippen LogP) is 5.50. The van der Waals surface area contributed by atoms with Crippen molar-refractivity contribution in [2.75, 3.05) is 6.61 Å². The van der Waals surface area contributed by atoms with Gasteiger partial charge in [0.1, 0.15) is 30.0 Å². The molecule has 3 N–H and O–H groups in total. The van der Waals surface area contributed by atoms with Gasteiger partial charge in [0.2, 0.25) is 0 Å². The fraction of sp³-hybridized carbons (Fsp3) is 0.409. The summed E-state index contributed by atoms with van der Waals surface area (Å²) in [6, 6.07) is 25.6. The molecule has 1 unspecified atom stereocenters. The van der Waals surface area contributed by atoms with Crippen LogP contribution in [-0.4, -0.2) is 87.3 Å². The molecule has 1 saturated heterocycles. The number of esters is 3. The lowest BCUT2D eigenvalue weighted by molar-refractivity contribution is -0.345. The van der Waals surface area contributed by atoms with Gasteiger partial charge < -0.3 is 34.3 Å². The molecule has 0 aromatic heterocycles. The minimum absolute atomic E-state index is 0.0747. The third kappa shape index (κ3) is 6.51. The Kier molecular flexibility index (Phi) is 10.4. The number of ether oxygens (including phenoxy) is 4. The second kappa shape index (κ2) is 14.7. The van der Waals surface area contributed by atoms with Crippen LogP contribution in [0.2, 0.25) is 0 Å². The monoisotopic (exact) mass is 782 g/mol. The first-order chi connectivity index (χ1) is 26.5. The number of benzene rings is 3. The van der Waals surface area contributed by atoms with Crippen molar-refractivity contribution < 1.29 is 53.4 Å². The van der Waals surface area contributed by atoms with Crippen LogP contribution in [0.3, 0.4) is 0 Å². The van der Waals surface area contributed by atoms with Gasteiger partial charge in [-0.1, -0.05) is 74.1 Å². The Hall–Kier alpha value is -4.59. The minimum atomic E-state index is -2.19. The first-order valence-corrected chi connectivity index (χ1v) is 19.5. The lowest BCUT2D eigenvalue weighted by Crippen LogP contribution is -2.81. The van der Waals surface area contributed by atoms with Crippen molar-refractivity contribution >= 4 is 41.5 Å². The van der Waals surface area contributed by atoms with Gasteiger partial charge in [-0.15, -0.1) is 0 Å². The van der Waals surface area contributed by atoms with E-state index in [4.69, 9.17) is 18.9 Å². The molecule has 12 heteroatoms. The Bertz CT molecular complexity index is 2080. The maximum atomic E-state index is 14.9. The third-order valence-corrected chi connectivity index (χ3v) is 13.5.